The van der Waals surface area contributed by atoms with Gasteiger partial charge in [0.15, 0.2) is 0 Å². The maximum Gasteiger partial charge on any atom is 0.337 e. The van der Waals surface area contributed by atoms with Crippen molar-refractivity contribution in [3.8, 4) is 6.07 Å². The van der Waals surface area contributed by atoms with E-state index in [2.05, 4.69) is 5.32 Å². The molecule has 8 nitrogen and oxygen atoms in total. The summed E-state index contributed by atoms with van der Waals surface area (Å²) >= 11 is 0. The highest BCUT2D eigenvalue weighted by Gasteiger charge is 2.26. The van der Waals surface area contributed by atoms with E-state index in [4.69, 9.17) is 5.26 Å². The van der Waals surface area contributed by atoms with Gasteiger partial charge in [0.25, 0.3) is 5.91 Å². The molecule has 0 spiro atoms. The van der Waals surface area contributed by atoms with Gasteiger partial charge in [-0.3, -0.25) is 4.79 Å². The highest BCUT2D eigenvalue weighted by atomic mass is 32.2. The molecule has 29 heavy (non-hydrogen) atoms. The van der Waals surface area contributed by atoms with E-state index in [9.17, 15) is 23.1 Å². The van der Waals surface area contributed by atoms with Crippen LogP contribution in [0.1, 0.15) is 45.5 Å². The number of nitrogens with zero attached hydrogens (tertiary/aromatic N) is 2. The maximum absolute atomic E-state index is 12.8. The topological polar surface area (TPSA) is 128 Å². The predicted molar refractivity (Wildman–Crippen MR) is 105 cm³/mol. The van der Waals surface area contributed by atoms with Crippen LogP contribution >= 0.6 is 0 Å². The van der Waals surface area contributed by atoms with Crippen LogP contribution in [0.2, 0.25) is 0 Å². The van der Waals surface area contributed by atoms with Crippen molar-refractivity contribution in [2.75, 3.05) is 18.4 Å². The molecule has 1 heterocycles. The number of anilines is 1. The molecule has 0 aromatic heterocycles. The van der Waals surface area contributed by atoms with Gasteiger partial charge in [-0.05, 0) is 49.2 Å². The molecular weight excluding hydrogens is 394 g/mol. The highest BCUT2D eigenvalue weighted by molar-refractivity contribution is 7.89. The molecule has 0 bridgehead atoms. The fourth-order valence-corrected chi connectivity index (χ4v) is 4.71. The van der Waals surface area contributed by atoms with Crippen LogP contribution in [0.3, 0.4) is 0 Å². The summed E-state index contributed by atoms with van der Waals surface area (Å²) in [7, 11) is -3.70. The lowest BCUT2D eigenvalue weighted by Crippen LogP contribution is -2.35. The average Bonchev–Trinajstić information content (AvgIpc) is 2.74. The van der Waals surface area contributed by atoms with E-state index in [1.165, 1.54) is 40.7 Å². The first-order chi connectivity index (χ1) is 13.8. The number of carboxylic acids is 1. The van der Waals surface area contributed by atoms with Crippen molar-refractivity contribution < 1.29 is 23.1 Å². The molecule has 1 fully saturated rings. The minimum Gasteiger partial charge on any atom is -0.478 e. The summed E-state index contributed by atoms with van der Waals surface area (Å²) in [4.78, 5) is 24.1. The lowest BCUT2D eigenvalue weighted by atomic mass is 10.1. The summed E-state index contributed by atoms with van der Waals surface area (Å²) in [6.45, 7) is 0.901. The first kappa shape index (κ1) is 20.5. The van der Waals surface area contributed by atoms with Crippen LogP contribution in [-0.4, -0.2) is 42.8 Å². The molecule has 0 aliphatic carbocycles. The van der Waals surface area contributed by atoms with Crippen molar-refractivity contribution in [3.63, 3.8) is 0 Å². The number of rotatable bonds is 5. The van der Waals surface area contributed by atoms with Crippen LogP contribution in [0.5, 0.6) is 0 Å². The van der Waals surface area contributed by atoms with Gasteiger partial charge in [0.2, 0.25) is 10.0 Å². The molecule has 0 unspecified atom stereocenters. The third-order valence-corrected chi connectivity index (χ3v) is 6.57. The standard InChI is InChI=1S/C20H19N3O5S/c21-13-14-7-8-18(17(11-14)20(25)26)22-19(24)15-5-4-6-16(12-15)29(27,28)23-9-2-1-3-10-23/h4-8,11-12H,1-3,9-10H2,(H,22,24)(H,25,26). The van der Waals surface area contributed by atoms with Gasteiger partial charge in [-0.15, -0.1) is 0 Å². The van der Waals surface area contributed by atoms with Gasteiger partial charge in [0.1, 0.15) is 0 Å². The summed E-state index contributed by atoms with van der Waals surface area (Å²) in [5.41, 5.74) is 0.0269. The van der Waals surface area contributed by atoms with E-state index in [1.807, 2.05) is 6.07 Å². The normalized spacial score (nSPS) is 14.7. The Bertz CT molecular complexity index is 1100. The number of carboxylic acid groups (broad SMARTS) is 1. The second-order valence-electron chi connectivity index (χ2n) is 6.62. The Kier molecular flexibility index (Phi) is 5.96. The van der Waals surface area contributed by atoms with E-state index in [0.717, 1.165) is 25.3 Å². The Balaban J connectivity index is 1.87. The molecule has 1 aliphatic rings. The first-order valence-electron chi connectivity index (χ1n) is 9.02. The molecule has 1 aliphatic heterocycles. The van der Waals surface area contributed by atoms with Crippen molar-refractivity contribution >= 4 is 27.6 Å². The lowest BCUT2D eigenvalue weighted by Gasteiger charge is -2.26. The summed E-state index contributed by atoms with van der Waals surface area (Å²) in [6, 6.07) is 11.4. The molecule has 1 amide bonds. The number of hydrogen-bond acceptors (Lipinski definition) is 5. The molecule has 9 heteroatoms. The molecule has 0 atom stereocenters. The number of aromatic carboxylic acids is 1. The van der Waals surface area contributed by atoms with Gasteiger partial charge >= 0.3 is 5.97 Å². The highest BCUT2D eigenvalue weighted by Crippen LogP contribution is 2.23. The van der Waals surface area contributed by atoms with Gasteiger partial charge in [-0.25, -0.2) is 13.2 Å². The van der Waals surface area contributed by atoms with E-state index < -0.39 is 21.9 Å². The smallest absolute Gasteiger partial charge is 0.337 e. The molecule has 0 saturated carbocycles. The number of nitrogens with one attached hydrogen (secondary N) is 1. The van der Waals surface area contributed by atoms with E-state index in [1.54, 1.807) is 0 Å². The molecule has 3 rings (SSSR count). The number of hydrogen-bond donors (Lipinski definition) is 2. The third kappa shape index (κ3) is 4.45. The number of carbonyl (C=O) groups excluding carboxylic acids is 1. The Labute approximate surface area is 168 Å². The lowest BCUT2D eigenvalue weighted by molar-refractivity contribution is 0.0698. The van der Waals surface area contributed by atoms with Crippen LogP contribution in [-0.2, 0) is 10.0 Å². The van der Waals surface area contributed by atoms with Crippen molar-refractivity contribution in [2.45, 2.75) is 24.2 Å². The second kappa shape index (κ2) is 8.43. The molecule has 2 aromatic carbocycles. The fraction of sp³-hybridized carbons (Fsp3) is 0.250. The summed E-state index contributed by atoms with van der Waals surface area (Å²) < 4.78 is 27.1. The molecule has 0 radical (unpaired) electrons. The molecule has 1 saturated heterocycles. The zero-order chi connectivity index (χ0) is 21.0. The van der Waals surface area contributed by atoms with Crippen LogP contribution in [0.4, 0.5) is 5.69 Å². The Morgan fingerprint density at radius 1 is 1.07 bits per heavy atom. The quantitative estimate of drug-likeness (QED) is 0.776. The average molecular weight is 413 g/mol. The van der Waals surface area contributed by atoms with Crippen molar-refractivity contribution in [1.82, 2.24) is 4.31 Å². The largest absolute Gasteiger partial charge is 0.478 e. The number of piperidine rings is 1. The van der Waals surface area contributed by atoms with Crippen LogP contribution in [0.25, 0.3) is 0 Å². The fourth-order valence-electron chi connectivity index (χ4n) is 3.15. The Morgan fingerprint density at radius 3 is 2.45 bits per heavy atom. The van der Waals surface area contributed by atoms with Crippen LogP contribution in [0.15, 0.2) is 47.4 Å². The number of sulfonamides is 1. The van der Waals surface area contributed by atoms with Crippen molar-refractivity contribution in [2.24, 2.45) is 0 Å². The molecule has 2 aromatic rings. The summed E-state index contributed by atoms with van der Waals surface area (Å²) in [5.74, 6) is -1.94. The molecular formula is C20H19N3O5S. The van der Waals surface area contributed by atoms with Gasteiger partial charge in [-0.2, -0.15) is 9.57 Å². The van der Waals surface area contributed by atoms with E-state index in [-0.39, 0.29) is 27.3 Å². The number of nitriles is 1. The zero-order valence-corrected chi connectivity index (χ0v) is 16.3. The summed E-state index contributed by atoms with van der Waals surface area (Å²) in [6.07, 6.45) is 2.59. The Hall–Kier alpha value is -3.22. The van der Waals surface area contributed by atoms with Crippen molar-refractivity contribution in [1.29, 1.82) is 5.26 Å². The van der Waals surface area contributed by atoms with Crippen LogP contribution in [0, 0.1) is 11.3 Å². The minimum absolute atomic E-state index is 0.0188. The molecule has 150 valence electrons. The van der Waals surface area contributed by atoms with Crippen LogP contribution < -0.4 is 5.32 Å². The first-order valence-corrected chi connectivity index (χ1v) is 10.5. The maximum atomic E-state index is 12.8. The van der Waals surface area contributed by atoms with Gasteiger partial charge in [-0.1, -0.05) is 12.5 Å². The predicted octanol–water partition coefficient (Wildman–Crippen LogP) is 2.68. The number of benzene rings is 2. The number of carbonyl (C=O) groups is 2. The minimum atomic E-state index is -3.70. The zero-order valence-electron chi connectivity index (χ0n) is 15.5. The van der Waals surface area contributed by atoms with Gasteiger partial charge < -0.3 is 10.4 Å². The van der Waals surface area contributed by atoms with Gasteiger partial charge in [0.05, 0.1) is 27.8 Å². The monoisotopic (exact) mass is 413 g/mol. The Morgan fingerprint density at radius 2 is 1.79 bits per heavy atom. The number of amides is 1. The molecule has 2 N–H and O–H groups in total. The SMILES string of the molecule is N#Cc1ccc(NC(=O)c2cccc(S(=O)(=O)N3CCCCC3)c2)c(C(=O)O)c1. The van der Waals surface area contributed by atoms with E-state index in [0.29, 0.717) is 13.1 Å². The second-order valence-corrected chi connectivity index (χ2v) is 8.56. The van der Waals surface area contributed by atoms with Gasteiger partial charge in [0, 0.05) is 18.7 Å². The van der Waals surface area contributed by atoms with E-state index >= 15 is 0 Å². The van der Waals surface area contributed by atoms with Crippen molar-refractivity contribution in [3.05, 3.63) is 59.2 Å². The summed E-state index contributed by atoms with van der Waals surface area (Å²) in [5, 5.41) is 20.7. The third-order valence-electron chi connectivity index (χ3n) is 4.68.